The van der Waals surface area contributed by atoms with E-state index in [1.165, 1.54) is 0 Å². The highest BCUT2D eigenvalue weighted by Crippen LogP contribution is 2.20. The maximum atomic E-state index is 12.5. The summed E-state index contributed by atoms with van der Waals surface area (Å²) in [5, 5.41) is 2.94. The minimum Gasteiger partial charge on any atom is -0.310 e. The predicted molar refractivity (Wildman–Crippen MR) is 89.3 cm³/mol. The van der Waals surface area contributed by atoms with Crippen LogP contribution in [0.4, 0.5) is 5.95 Å². The molecule has 0 saturated heterocycles. The topological polar surface area (TPSA) is 46.9 Å². The van der Waals surface area contributed by atoms with Gasteiger partial charge in [0.25, 0.3) is 5.91 Å². The van der Waals surface area contributed by atoms with Gasteiger partial charge in [0.2, 0.25) is 5.95 Å². The zero-order valence-electron chi connectivity index (χ0n) is 13.1. The first-order chi connectivity index (χ1) is 10.6. The Kier molecular flexibility index (Phi) is 3.67. The molecule has 0 atom stereocenters. The number of aryl methyl sites for hydroxylation is 3. The lowest BCUT2D eigenvalue weighted by atomic mass is 10.1. The number of anilines is 1. The van der Waals surface area contributed by atoms with Crippen molar-refractivity contribution in [2.45, 2.75) is 27.3 Å². The van der Waals surface area contributed by atoms with Gasteiger partial charge in [-0.05, 0) is 44.5 Å². The first kappa shape index (κ1) is 14.3. The van der Waals surface area contributed by atoms with Crippen LogP contribution in [0.5, 0.6) is 0 Å². The summed E-state index contributed by atoms with van der Waals surface area (Å²) in [6.07, 6.45) is 0. The Morgan fingerprint density at radius 3 is 2.68 bits per heavy atom. The van der Waals surface area contributed by atoms with Crippen LogP contribution in [-0.4, -0.2) is 15.5 Å². The lowest BCUT2D eigenvalue weighted by molar-refractivity contribution is 0.102. The number of para-hydroxylation sites is 2. The van der Waals surface area contributed by atoms with Crippen molar-refractivity contribution >= 4 is 22.9 Å². The third-order valence-corrected chi connectivity index (χ3v) is 3.82. The largest absolute Gasteiger partial charge is 0.310 e. The molecule has 4 heteroatoms. The van der Waals surface area contributed by atoms with Gasteiger partial charge >= 0.3 is 0 Å². The normalized spacial score (nSPS) is 10.9. The fourth-order valence-electron chi connectivity index (χ4n) is 2.73. The first-order valence-corrected chi connectivity index (χ1v) is 7.44. The summed E-state index contributed by atoms with van der Waals surface area (Å²) in [6.45, 7) is 6.76. The van der Waals surface area contributed by atoms with E-state index in [4.69, 9.17) is 0 Å². The first-order valence-electron chi connectivity index (χ1n) is 7.44. The van der Waals surface area contributed by atoms with Crippen molar-refractivity contribution in [1.82, 2.24) is 9.55 Å². The molecule has 4 nitrogen and oxygen atoms in total. The van der Waals surface area contributed by atoms with Gasteiger partial charge in [0.1, 0.15) is 0 Å². The number of nitrogens with zero attached hydrogens (tertiary/aromatic N) is 2. The number of carbonyl (C=O) groups excluding carboxylic acids is 1. The van der Waals surface area contributed by atoms with Crippen molar-refractivity contribution in [3.63, 3.8) is 0 Å². The molecule has 1 heterocycles. The summed E-state index contributed by atoms with van der Waals surface area (Å²) < 4.78 is 2.01. The van der Waals surface area contributed by atoms with Crippen molar-refractivity contribution < 1.29 is 4.79 Å². The number of carbonyl (C=O) groups is 1. The number of imidazole rings is 1. The van der Waals surface area contributed by atoms with Crippen LogP contribution < -0.4 is 5.32 Å². The molecule has 1 N–H and O–H groups in total. The van der Waals surface area contributed by atoms with Crippen LogP contribution in [-0.2, 0) is 6.54 Å². The molecule has 3 rings (SSSR count). The van der Waals surface area contributed by atoms with E-state index in [1.807, 2.05) is 67.8 Å². The number of fused-ring (bicyclic) bond motifs is 1. The highest BCUT2D eigenvalue weighted by atomic mass is 16.1. The van der Waals surface area contributed by atoms with Crippen LogP contribution in [0.15, 0.2) is 42.5 Å². The smallest absolute Gasteiger partial charge is 0.258 e. The van der Waals surface area contributed by atoms with Gasteiger partial charge in [-0.3, -0.25) is 10.1 Å². The van der Waals surface area contributed by atoms with E-state index in [1.54, 1.807) is 0 Å². The van der Waals surface area contributed by atoms with Gasteiger partial charge in [-0.25, -0.2) is 4.98 Å². The Hall–Kier alpha value is -2.62. The average molecular weight is 293 g/mol. The van der Waals surface area contributed by atoms with Crippen LogP contribution in [0.1, 0.15) is 28.4 Å². The number of hydrogen-bond donors (Lipinski definition) is 1. The van der Waals surface area contributed by atoms with Crippen molar-refractivity contribution in [3.8, 4) is 0 Å². The fraction of sp³-hybridized carbons (Fsp3) is 0.222. The molecule has 0 bridgehead atoms. The maximum Gasteiger partial charge on any atom is 0.258 e. The molecule has 22 heavy (non-hydrogen) atoms. The number of aromatic nitrogens is 2. The summed E-state index contributed by atoms with van der Waals surface area (Å²) in [5.41, 5.74) is 4.72. The van der Waals surface area contributed by atoms with E-state index in [0.717, 1.165) is 28.7 Å². The van der Waals surface area contributed by atoms with Gasteiger partial charge in [-0.15, -0.1) is 0 Å². The number of hydrogen-bond acceptors (Lipinski definition) is 2. The Morgan fingerprint density at radius 2 is 1.95 bits per heavy atom. The second kappa shape index (κ2) is 5.64. The Balaban J connectivity index is 1.97. The second-order valence-corrected chi connectivity index (χ2v) is 5.44. The predicted octanol–water partition coefficient (Wildman–Crippen LogP) is 3.93. The molecule has 3 aromatic rings. The number of rotatable bonds is 3. The van der Waals surface area contributed by atoms with Crippen LogP contribution in [0.2, 0.25) is 0 Å². The van der Waals surface area contributed by atoms with Crippen LogP contribution in [0.3, 0.4) is 0 Å². The third kappa shape index (κ3) is 2.48. The van der Waals surface area contributed by atoms with Crippen LogP contribution in [0, 0.1) is 13.8 Å². The molecule has 112 valence electrons. The standard InChI is InChI=1S/C18H19N3O/c1-4-21-16-8-6-5-7-15(16)19-18(21)20-17(22)14-10-9-12(2)11-13(14)3/h5-11H,4H2,1-3H3,(H,19,20,22). The van der Waals surface area contributed by atoms with Gasteiger partial charge in [0.15, 0.2) is 0 Å². The maximum absolute atomic E-state index is 12.5. The summed E-state index contributed by atoms with van der Waals surface area (Å²) in [6, 6.07) is 13.7. The van der Waals surface area contributed by atoms with E-state index in [2.05, 4.69) is 10.3 Å². The van der Waals surface area contributed by atoms with Gasteiger partial charge < -0.3 is 4.57 Å². The van der Waals surface area contributed by atoms with E-state index < -0.39 is 0 Å². The number of amides is 1. The van der Waals surface area contributed by atoms with Gasteiger partial charge in [-0.2, -0.15) is 0 Å². The molecule has 0 saturated carbocycles. The van der Waals surface area contributed by atoms with Gasteiger partial charge in [-0.1, -0.05) is 29.8 Å². The molecule has 0 radical (unpaired) electrons. The quantitative estimate of drug-likeness (QED) is 0.795. The zero-order chi connectivity index (χ0) is 15.7. The molecule has 2 aromatic carbocycles. The van der Waals surface area contributed by atoms with Crippen molar-refractivity contribution in [2.75, 3.05) is 5.32 Å². The third-order valence-electron chi connectivity index (χ3n) is 3.82. The summed E-state index contributed by atoms with van der Waals surface area (Å²) in [4.78, 5) is 17.1. The van der Waals surface area contributed by atoms with E-state index in [9.17, 15) is 4.79 Å². The molecular weight excluding hydrogens is 274 g/mol. The Morgan fingerprint density at radius 1 is 1.18 bits per heavy atom. The second-order valence-electron chi connectivity index (χ2n) is 5.44. The number of nitrogens with one attached hydrogen (secondary N) is 1. The van der Waals surface area contributed by atoms with E-state index >= 15 is 0 Å². The molecular formula is C18H19N3O. The van der Waals surface area contributed by atoms with Crippen molar-refractivity contribution in [1.29, 1.82) is 0 Å². The average Bonchev–Trinajstić information content (AvgIpc) is 2.83. The van der Waals surface area contributed by atoms with Gasteiger partial charge in [0.05, 0.1) is 11.0 Å². The minimum atomic E-state index is -0.123. The SMILES string of the molecule is CCn1c(NC(=O)c2ccc(C)cc2C)nc2ccccc21. The summed E-state index contributed by atoms with van der Waals surface area (Å²) in [7, 11) is 0. The summed E-state index contributed by atoms with van der Waals surface area (Å²) >= 11 is 0. The molecule has 0 aliphatic carbocycles. The molecule has 0 aliphatic rings. The van der Waals surface area contributed by atoms with Crippen LogP contribution >= 0.6 is 0 Å². The Labute approximate surface area is 129 Å². The minimum absolute atomic E-state index is 0.123. The van der Waals surface area contributed by atoms with E-state index in [0.29, 0.717) is 11.5 Å². The highest BCUT2D eigenvalue weighted by Gasteiger charge is 2.14. The Bertz CT molecular complexity index is 849. The molecule has 0 spiro atoms. The lowest BCUT2D eigenvalue weighted by Gasteiger charge is -2.09. The number of benzene rings is 2. The lowest BCUT2D eigenvalue weighted by Crippen LogP contribution is -2.17. The van der Waals surface area contributed by atoms with Gasteiger partial charge in [0, 0.05) is 12.1 Å². The summed E-state index contributed by atoms with van der Waals surface area (Å²) in [5.74, 6) is 0.469. The van der Waals surface area contributed by atoms with Crippen molar-refractivity contribution in [2.24, 2.45) is 0 Å². The molecule has 0 aliphatic heterocycles. The zero-order valence-corrected chi connectivity index (χ0v) is 13.1. The van der Waals surface area contributed by atoms with Crippen LogP contribution in [0.25, 0.3) is 11.0 Å². The molecule has 0 unspecified atom stereocenters. The monoisotopic (exact) mass is 293 g/mol. The fourth-order valence-corrected chi connectivity index (χ4v) is 2.73. The van der Waals surface area contributed by atoms with Crippen molar-refractivity contribution in [3.05, 3.63) is 59.2 Å². The highest BCUT2D eigenvalue weighted by molar-refractivity contribution is 6.05. The van der Waals surface area contributed by atoms with E-state index in [-0.39, 0.29) is 5.91 Å². The molecule has 1 amide bonds. The molecule has 0 fully saturated rings. The molecule has 1 aromatic heterocycles.